The maximum Gasteiger partial charge on any atom is 0.306 e. The van der Waals surface area contributed by atoms with E-state index in [2.05, 4.69) is 13.8 Å². The van der Waals surface area contributed by atoms with Crippen molar-refractivity contribution in [2.24, 2.45) is 11.8 Å². The molecule has 1 unspecified atom stereocenters. The van der Waals surface area contributed by atoms with Crippen LogP contribution < -0.4 is 0 Å². The topological polar surface area (TPSA) is 63.6 Å². The van der Waals surface area contributed by atoms with Crippen molar-refractivity contribution in [3.8, 4) is 0 Å². The van der Waals surface area contributed by atoms with Crippen molar-refractivity contribution in [1.29, 1.82) is 0 Å². The maximum absolute atomic E-state index is 11.4. The summed E-state index contributed by atoms with van der Waals surface area (Å²) in [6, 6.07) is 0. The van der Waals surface area contributed by atoms with E-state index in [1.54, 1.807) is 0 Å². The molecule has 0 aliphatic heterocycles. The van der Waals surface area contributed by atoms with E-state index >= 15 is 0 Å². The SMILES string of the molecule is CC(C)CC(OC(=O)CCC(=O)O)C(C)C. The van der Waals surface area contributed by atoms with Crippen molar-refractivity contribution in [3.63, 3.8) is 0 Å². The summed E-state index contributed by atoms with van der Waals surface area (Å²) in [6.45, 7) is 8.13. The first-order chi connectivity index (χ1) is 7.32. The Labute approximate surface area is 97.0 Å². The molecule has 0 bridgehead atoms. The van der Waals surface area contributed by atoms with Gasteiger partial charge < -0.3 is 9.84 Å². The van der Waals surface area contributed by atoms with Gasteiger partial charge in [0, 0.05) is 0 Å². The molecule has 0 radical (unpaired) electrons. The highest BCUT2D eigenvalue weighted by Crippen LogP contribution is 2.17. The number of hydrogen-bond donors (Lipinski definition) is 1. The van der Waals surface area contributed by atoms with Gasteiger partial charge in [-0.1, -0.05) is 27.7 Å². The molecule has 0 aliphatic carbocycles. The van der Waals surface area contributed by atoms with Crippen molar-refractivity contribution in [3.05, 3.63) is 0 Å². The Balaban J connectivity index is 4.08. The first-order valence-corrected chi connectivity index (χ1v) is 5.74. The van der Waals surface area contributed by atoms with E-state index in [1.807, 2.05) is 13.8 Å². The fraction of sp³-hybridized carbons (Fsp3) is 0.833. The lowest BCUT2D eigenvalue weighted by molar-refractivity contribution is -0.154. The van der Waals surface area contributed by atoms with Crippen LogP contribution in [0.1, 0.15) is 47.0 Å². The molecule has 0 aromatic carbocycles. The second-order valence-electron chi connectivity index (χ2n) is 4.80. The second-order valence-corrected chi connectivity index (χ2v) is 4.80. The molecule has 0 saturated heterocycles. The number of hydrogen-bond acceptors (Lipinski definition) is 3. The monoisotopic (exact) mass is 230 g/mol. The maximum atomic E-state index is 11.4. The van der Waals surface area contributed by atoms with Gasteiger partial charge in [0.2, 0.25) is 0 Å². The number of rotatable bonds is 7. The van der Waals surface area contributed by atoms with Crippen molar-refractivity contribution < 1.29 is 19.4 Å². The molecule has 0 fully saturated rings. The molecule has 0 aromatic rings. The zero-order chi connectivity index (χ0) is 12.7. The van der Waals surface area contributed by atoms with Crippen LogP contribution in [0.15, 0.2) is 0 Å². The van der Waals surface area contributed by atoms with Gasteiger partial charge in [-0.05, 0) is 18.3 Å². The largest absolute Gasteiger partial charge is 0.481 e. The minimum absolute atomic E-state index is 0.0450. The third-order valence-corrected chi connectivity index (χ3v) is 2.27. The fourth-order valence-electron chi connectivity index (χ4n) is 1.36. The molecule has 0 spiro atoms. The number of carbonyl (C=O) groups excluding carboxylic acids is 1. The van der Waals surface area contributed by atoms with Gasteiger partial charge in [-0.25, -0.2) is 0 Å². The molecule has 0 aromatic heterocycles. The van der Waals surface area contributed by atoms with Crippen molar-refractivity contribution >= 4 is 11.9 Å². The highest BCUT2D eigenvalue weighted by molar-refractivity contribution is 5.76. The Morgan fingerprint density at radius 1 is 1.12 bits per heavy atom. The number of carbonyl (C=O) groups is 2. The predicted molar refractivity (Wildman–Crippen MR) is 61.0 cm³/mol. The lowest BCUT2D eigenvalue weighted by Crippen LogP contribution is -2.25. The van der Waals surface area contributed by atoms with Gasteiger partial charge in [0.25, 0.3) is 0 Å². The first kappa shape index (κ1) is 14.9. The van der Waals surface area contributed by atoms with Gasteiger partial charge in [0.1, 0.15) is 6.10 Å². The lowest BCUT2D eigenvalue weighted by Gasteiger charge is -2.23. The standard InChI is InChI=1S/C12H22O4/c1-8(2)7-10(9(3)4)16-12(15)6-5-11(13)14/h8-10H,5-7H2,1-4H3,(H,13,14). The Morgan fingerprint density at radius 3 is 2.06 bits per heavy atom. The minimum atomic E-state index is -0.970. The number of aliphatic carboxylic acids is 1. The van der Waals surface area contributed by atoms with Crippen LogP contribution in [0.5, 0.6) is 0 Å². The molecule has 1 atom stereocenters. The summed E-state index contributed by atoms with van der Waals surface area (Å²) in [4.78, 5) is 21.7. The predicted octanol–water partition coefficient (Wildman–Crippen LogP) is 2.47. The molecule has 1 N–H and O–H groups in total. The van der Waals surface area contributed by atoms with Gasteiger partial charge in [-0.2, -0.15) is 0 Å². The molecule has 16 heavy (non-hydrogen) atoms. The number of carboxylic acid groups (broad SMARTS) is 1. The van der Waals surface area contributed by atoms with E-state index < -0.39 is 11.9 Å². The molecule has 0 heterocycles. The summed E-state index contributed by atoms with van der Waals surface area (Å²) < 4.78 is 5.27. The van der Waals surface area contributed by atoms with E-state index in [4.69, 9.17) is 9.84 Å². The lowest BCUT2D eigenvalue weighted by atomic mass is 9.97. The third-order valence-electron chi connectivity index (χ3n) is 2.27. The van der Waals surface area contributed by atoms with Gasteiger partial charge in [0.05, 0.1) is 12.8 Å². The fourth-order valence-corrected chi connectivity index (χ4v) is 1.36. The zero-order valence-electron chi connectivity index (χ0n) is 10.5. The Hall–Kier alpha value is -1.06. The molecule has 0 rings (SSSR count). The number of ether oxygens (including phenoxy) is 1. The first-order valence-electron chi connectivity index (χ1n) is 5.74. The van der Waals surface area contributed by atoms with E-state index in [1.165, 1.54) is 0 Å². The smallest absolute Gasteiger partial charge is 0.306 e. The average Bonchev–Trinajstić information content (AvgIpc) is 2.12. The zero-order valence-corrected chi connectivity index (χ0v) is 10.5. The van der Waals surface area contributed by atoms with E-state index in [0.717, 1.165) is 6.42 Å². The highest BCUT2D eigenvalue weighted by Gasteiger charge is 2.19. The van der Waals surface area contributed by atoms with Crippen LogP contribution in [0, 0.1) is 11.8 Å². The van der Waals surface area contributed by atoms with Crippen LogP contribution in [-0.2, 0) is 14.3 Å². The van der Waals surface area contributed by atoms with Crippen LogP contribution in [0.2, 0.25) is 0 Å². The highest BCUT2D eigenvalue weighted by atomic mass is 16.5. The van der Waals surface area contributed by atoms with Crippen molar-refractivity contribution in [1.82, 2.24) is 0 Å². The Kier molecular flexibility index (Phi) is 6.77. The second kappa shape index (κ2) is 7.25. The molecular formula is C12H22O4. The van der Waals surface area contributed by atoms with Crippen molar-refractivity contribution in [2.45, 2.75) is 53.1 Å². The van der Waals surface area contributed by atoms with Crippen LogP contribution in [-0.4, -0.2) is 23.1 Å². The molecule has 4 heteroatoms. The molecular weight excluding hydrogens is 208 g/mol. The third kappa shape index (κ3) is 7.26. The molecule has 94 valence electrons. The summed E-state index contributed by atoms with van der Waals surface area (Å²) >= 11 is 0. The van der Waals surface area contributed by atoms with Gasteiger partial charge >= 0.3 is 11.9 Å². The van der Waals surface area contributed by atoms with Crippen LogP contribution >= 0.6 is 0 Å². The quantitative estimate of drug-likeness (QED) is 0.682. The van der Waals surface area contributed by atoms with Gasteiger partial charge in [0.15, 0.2) is 0 Å². The van der Waals surface area contributed by atoms with Crippen LogP contribution in [0.3, 0.4) is 0 Å². The van der Waals surface area contributed by atoms with Crippen molar-refractivity contribution in [2.75, 3.05) is 0 Å². The molecule has 0 aliphatic rings. The van der Waals surface area contributed by atoms with Crippen LogP contribution in [0.25, 0.3) is 0 Å². The van der Waals surface area contributed by atoms with Gasteiger partial charge in [-0.15, -0.1) is 0 Å². The summed E-state index contributed by atoms with van der Waals surface area (Å²) in [5.74, 6) is -0.667. The molecule has 0 amide bonds. The Bertz CT molecular complexity index is 233. The molecule has 4 nitrogen and oxygen atoms in total. The van der Waals surface area contributed by atoms with E-state index in [-0.39, 0.29) is 24.9 Å². The minimum Gasteiger partial charge on any atom is -0.481 e. The summed E-state index contributed by atoms with van der Waals surface area (Å²) in [6.07, 6.45) is 0.500. The summed E-state index contributed by atoms with van der Waals surface area (Å²) in [5.41, 5.74) is 0. The number of esters is 1. The summed E-state index contributed by atoms with van der Waals surface area (Å²) in [5, 5.41) is 8.44. The van der Waals surface area contributed by atoms with Gasteiger partial charge in [-0.3, -0.25) is 9.59 Å². The summed E-state index contributed by atoms with van der Waals surface area (Å²) in [7, 11) is 0. The van der Waals surface area contributed by atoms with E-state index in [9.17, 15) is 9.59 Å². The number of carboxylic acids is 1. The van der Waals surface area contributed by atoms with Crippen LogP contribution in [0.4, 0.5) is 0 Å². The average molecular weight is 230 g/mol. The normalized spacial score (nSPS) is 12.9. The Morgan fingerprint density at radius 2 is 1.69 bits per heavy atom. The van der Waals surface area contributed by atoms with E-state index in [0.29, 0.717) is 5.92 Å². The molecule has 0 saturated carbocycles.